The Morgan fingerprint density at radius 3 is 2.54 bits per heavy atom. The predicted octanol–water partition coefficient (Wildman–Crippen LogP) is 1.88. The molecular weight excluding hydrogens is 347 g/mol. The first-order valence-electron chi connectivity index (χ1n) is 6.38. The van der Waals surface area contributed by atoms with E-state index in [0.29, 0.717) is 11.8 Å². The summed E-state index contributed by atoms with van der Waals surface area (Å²) in [4.78, 5) is -0.236. The van der Waals surface area contributed by atoms with Gasteiger partial charge in [0.2, 0.25) is 0 Å². The molecule has 0 bridgehead atoms. The molecule has 0 aliphatic carbocycles. The van der Waals surface area contributed by atoms with Gasteiger partial charge in [0.05, 0.1) is 16.3 Å². The van der Waals surface area contributed by atoms with Crippen LogP contribution in [-0.2, 0) is 10.0 Å². The Morgan fingerprint density at radius 2 is 1.83 bits per heavy atom. The van der Waals surface area contributed by atoms with Gasteiger partial charge in [-0.25, -0.2) is 26.3 Å². The number of nitrogens with one attached hydrogen (secondary N) is 1. The van der Waals surface area contributed by atoms with Crippen molar-refractivity contribution in [2.24, 2.45) is 0 Å². The number of aromatic nitrogens is 4. The Labute approximate surface area is 133 Å². The van der Waals surface area contributed by atoms with Crippen LogP contribution in [-0.4, -0.2) is 28.6 Å². The first kappa shape index (κ1) is 15.9. The largest absolute Gasteiger partial charge is 0.277 e. The minimum absolute atomic E-state index is 0.236. The van der Waals surface area contributed by atoms with E-state index in [-0.39, 0.29) is 4.90 Å². The van der Waals surface area contributed by atoms with E-state index in [4.69, 9.17) is 0 Å². The van der Waals surface area contributed by atoms with Crippen molar-refractivity contribution in [3.05, 3.63) is 60.2 Å². The van der Waals surface area contributed by atoms with Crippen molar-refractivity contribution in [1.82, 2.24) is 20.2 Å². The lowest BCUT2D eigenvalue weighted by atomic mass is 10.3. The average Bonchev–Trinajstić information content (AvgIpc) is 3.10. The Balaban J connectivity index is 1.97. The number of tetrazole rings is 1. The monoisotopic (exact) mass is 355 g/mol. The molecule has 24 heavy (non-hydrogen) atoms. The van der Waals surface area contributed by atoms with Gasteiger partial charge >= 0.3 is 0 Å². The molecule has 0 spiro atoms. The van der Waals surface area contributed by atoms with Crippen molar-refractivity contribution in [3.63, 3.8) is 0 Å². The van der Waals surface area contributed by atoms with Crippen LogP contribution in [0.25, 0.3) is 5.69 Å². The van der Waals surface area contributed by atoms with Crippen LogP contribution in [0, 0.1) is 17.5 Å². The van der Waals surface area contributed by atoms with Crippen LogP contribution >= 0.6 is 0 Å². The summed E-state index contributed by atoms with van der Waals surface area (Å²) in [5, 5.41) is 10.5. The minimum Gasteiger partial charge on any atom is -0.277 e. The number of anilines is 1. The molecule has 1 N–H and O–H groups in total. The van der Waals surface area contributed by atoms with E-state index in [1.54, 1.807) is 6.07 Å². The summed E-state index contributed by atoms with van der Waals surface area (Å²) in [5.41, 5.74) is -0.365. The average molecular weight is 355 g/mol. The minimum atomic E-state index is -4.24. The summed E-state index contributed by atoms with van der Waals surface area (Å²) < 4.78 is 67.5. The summed E-state index contributed by atoms with van der Waals surface area (Å²) in [5.74, 6) is -4.82. The van der Waals surface area contributed by atoms with Crippen molar-refractivity contribution >= 4 is 15.7 Å². The molecule has 3 rings (SSSR count). The molecule has 0 aliphatic heterocycles. The van der Waals surface area contributed by atoms with Crippen LogP contribution in [0.2, 0.25) is 0 Å². The van der Waals surface area contributed by atoms with Gasteiger partial charge in [0, 0.05) is 0 Å². The molecule has 0 unspecified atom stereocenters. The second kappa shape index (κ2) is 5.92. The van der Waals surface area contributed by atoms with E-state index in [1.807, 2.05) is 4.72 Å². The lowest BCUT2D eigenvalue weighted by Gasteiger charge is -2.10. The van der Waals surface area contributed by atoms with E-state index in [1.165, 1.54) is 29.2 Å². The second-order valence-corrected chi connectivity index (χ2v) is 6.26. The number of sulfonamides is 1. The summed E-state index contributed by atoms with van der Waals surface area (Å²) in [6, 6.07) is 6.86. The number of hydrogen-bond donors (Lipinski definition) is 1. The molecule has 2 aromatic carbocycles. The fraction of sp³-hybridized carbons (Fsp3) is 0. The zero-order chi connectivity index (χ0) is 17.3. The molecule has 0 radical (unpaired) electrons. The molecule has 7 nitrogen and oxygen atoms in total. The normalized spacial score (nSPS) is 11.5. The molecule has 1 aromatic heterocycles. The third-order valence-corrected chi connectivity index (χ3v) is 4.38. The van der Waals surface area contributed by atoms with Crippen LogP contribution in [0.1, 0.15) is 0 Å². The van der Waals surface area contributed by atoms with Gasteiger partial charge in [-0.1, -0.05) is 6.07 Å². The first-order chi connectivity index (χ1) is 11.4. The highest BCUT2D eigenvalue weighted by Gasteiger charge is 2.20. The van der Waals surface area contributed by atoms with E-state index >= 15 is 0 Å². The highest BCUT2D eigenvalue weighted by molar-refractivity contribution is 7.92. The molecule has 11 heteroatoms. The topological polar surface area (TPSA) is 89.8 Å². The molecule has 1 heterocycles. The quantitative estimate of drug-likeness (QED) is 0.722. The maximum absolute atomic E-state index is 13.6. The standard InChI is InChI=1S/C13H8F3N5O2S/c14-10-4-5-11(13(16)12(10)15)18-24(22,23)9-3-1-2-8(6-9)21-7-17-19-20-21/h1-7,18H. The van der Waals surface area contributed by atoms with Crippen LogP contribution < -0.4 is 4.72 Å². The van der Waals surface area contributed by atoms with Crippen LogP contribution in [0.4, 0.5) is 18.9 Å². The van der Waals surface area contributed by atoms with Gasteiger partial charge in [0.15, 0.2) is 17.5 Å². The van der Waals surface area contributed by atoms with Crippen molar-refractivity contribution in [2.75, 3.05) is 4.72 Å². The number of rotatable bonds is 4. The third kappa shape index (κ3) is 2.93. The number of hydrogen-bond acceptors (Lipinski definition) is 5. The summed E-state index contributed by atoms with van der Waals surface area (Å²) in [7, 11) is -4.24. The zero-order valence-corrected chi connectivity index (χ0v) is 12.5. The highest BCUT2D eigenvalue weighted by atomic mass is 32.2. The van der Waals surface area contributed by atoms with Crippen molar-refractivity contribution < 1.29 is 21.6 Å². The Morgan fingerprint density at radius 1 is 1.04 bits per heavy atom. The molecule has 0 fully saturated rings. The lowest BCUT2D eigenvalue weighted by Crippen LogP contribution is -2.15. The fourth-order valence-corrected chi connectivity index (χ4v) is 2.98. The van der Waals surface area contributed by atoms with E-state index in [2.05, 4.69) is 15.5 Å². The Bertz CT molecular complexity index is 993. The maximum atomic E-state index is 13.6. The fourth-order valence-electron chi connectivity index (χ4n) is 1.88. The van der Waals surface area contributed by atoms with Gasteiger partial charge in [0.25, 0.3) is 10.0 Å². The Hall–Kier alpha value is -2.95. The van der Waals surface area contributed by atoms with Crippen molar-refractivity contribution in [2.45, 2.75) is 4.90 Å². The maximum Gasteiger partial charge on any atom is 0.262 e. The summed E-state index contributed by atoms with van der Waals surface area (Å²) >= 11 is 0. The second-order valence-electron chi connectivity index (χ2n) is 4.58. The molecule has 0 saturated heterocycles. The van der Waals surface area contributed by atoms with Crippen LogP contribution in [0.3, 0.4) is 0 Å². The first-order valence-corrected chi connectivity index (χ1v) is 7.86. The van der Waals surface area contributed by atoms with Gasteiger partial charge in [-0.3, -0.25) is 4.72 Å². The molecule has 3 aromatic rings. The molecule has 0 amide bonds. The lowest BCUT2D eigenvalue weighted by molar-refractivity contribution is 0.449. The SMILES string of the molecule is O=S(=O)(Nc1ccc(F)c(F)c1F)c1cccc(-n2cnnn2)c1. The number of nitrogens with zero attached hydrogens (tertiary/aromatic N) is 4. The molecule has 124 valence electrons. The van der Waals surface area contributed by atoms with E-state index < -0.39 is 33.2 Å². The van der Waals surface area contributed by atoms with Gasteiger partial charge in [-0.2, -0.15) is 0 Å². The summed E-state index contributed by atoms with van der Waals surface area (Å²) in [6.45, 7) is 0. The molecule has 0 saturated carbocycles. The van der Waals surface area contributed by atoms with E-state index in [0.717, 1.165) is 6.07 Å². The zero-order valence-electron chi connectivity index (χ0n) is 11.7. The van der Waals surface area contributed by atoms with Gasteiger partial charge in [-0.15, -0.1) is 5.10 Å². The van der Waals surface area contributed by atoms with Crippen LogP contribution in [0.5, 0.6) is 0 Å². The highest BCUT2D eigenvalue weighted by Crippen LogP contribution is 2.23. The van der Waals surface area contributed by atoms with Crippen LogP contribution in [0.15, 0.2) is 47.6 Å². The van der Waals surface area contributed by atoms with E-state index in [9.17, 15) is 21.6 Å². The van der Waals surface area contributed by atoms with Crippen molar-refractivity contribution in [1.29, 1.82) is 0 Å². The molecule has 0 aliphatic rings. The van der Waals surface area contributed by atoms with Crippen molar-refractivity contribution in [3.8, 4) is 5.69 Å². The smallest absolute Gasteiger partial charge is 0.262 e. The predicted molar refractivity (Wildman–Crippen MR) is 76.3 cm³/mol. The van der Waals surface area contributed by atoms with Gasteiger partial charge in [0.1, 0.15) is 6.33 Å². The molecular formula is C13H8F3N5O2S. The van der Waals surface area contributed by atoms with Gasteiger partial charge < -0.3 is 0 Å². The number of halogens is 3. The third-order valence-electron chi connectivity index (χ3n) is 3.02. The Kier molecular flexibility index (Phi) is 3.93. The number of benzene rings is 2. The van der Waals surface area contributed by atoms with Gasteiger partial charge in [-0.05, 0) is 40.8 Å². The molecule has 0 atom stereocenters. The summed E-state index contributed by atoms with van der Waals surface area (Å²) in [6.07, 6.45) is 1.26.